The maximum absolute atomic E-state index is 14.6. The van der Waals surface area contributed by atoms with Crippen molar-refractivity contribution in [3.63, 3.8) is 0 Å². The number of carbonyl (C=O) groups is 2. The summed E-state index contributed by atoms with van der Waals surface area (Å²) in [6.45, 7) is 1.56. The van der Waals surface area contributed by atoms with Crippen LogP contribution in [0.1, 0.15) is 70.2 Å². The van der Waals surface area contributed by atoms with Gasteiger partial charge in [0.1, 0.15) is 0 Å². The molecule has 4 spiro atoms. The van der Waals surface area contributed by atoms with Gasteiger partial charge in [0.15, 0.2) is 23.0 Å². The zero-order valence-corrected chi connectivity index (χ0v) is 44.1. The standard InChI is InChI=1S/C29H29FN4O2.C24H26BrN3O2.C5H5BFNO2/c1-36-16-15-34-26(35)29(33-27(34)31)24-17-21(23-7-4-14-32-25(23)30)8-9-22(24)18-28(29)12-10-19-5-2-3-6-20(19)11-13-28;1-30-13-12-28-21(29)24(27-22(28)26)20-14-19(25)7-6-18(20)15-23(24)10-8-16-4-2-3-5-17(16)9-11-23;7-5-4(6(9)10)2-1-3-8-5/h2-9,14,17H,10-13,15-16,18H2,1H3,(H2,31,33);2-7,14H,8-13,15H2,1H3,(H2,26,27);1-3,9-10H. The van der Waals surface area contributed by atoms with Crippen molar-refractivity contribution in [1.29, 1.82) is 0 Å². The lowest BCUT2D eigenvalue weighted by atomic mass is 9.65. The topological polar surface area (TPSA) is 202 Å². The van der Waals surface area contributed by atoms with Gasteiger partial charge in [0.2, 0.25) is 11.9 Å². The molecule has 12 rings (SSSR count). The molecule has 6 aromatic rings. The highest BCUT2D eigenvalue weighted by Crippen LogP contribution is 2.63. The number of rotatable bonds is 8. The van der Waals surface area contributed by atoms with E-state index in [1.807, 2.05) is 18.2 Å². The van der Waals surface area contributed by atoms with Gasteiger partial charge in [-0.1, -0.05) is 88.7 Å². The number of aliphatic imine (C=N–C) groups is 2. The summed E-state index contributed by atoms with van der Waals surface area (Å²) in [4.78, 5) is 48.7. The number of halogens is 3. The van der Waals surface area contributed by atoms with Crippen molar-refractivity contribution in [2.75, 3.05) is 40.5 Å². The van der Waals surface area contributed by atoms with E-state index in [0.717, 1.165) is 85.4 Å². The third-order valence-corrected chi connectivity index (χ3v) is 17.2. The predicted octanol–water partition coefficient (Wildman–Crippen LogP) is 6.48. The number of methoxy groups -OCH3 is 2. The molecule has 0 saturated carbocycles. The largest absolute Gasteiger partial charge is 0.493 e. The first-order valence-corrected chi connectivity index (χ1v) is 26.5. The van der Waals surface area contributed by atoms with E-state index in [2.05, 4.69) is 92.6 Å². The van der Waals surface area contributed by atoms with E-state index in [9.17, 15) is 18.4 Å². The lowest BCUT2D eigenvalue weighted by Crippen LogP contribution is -2.51. The first kappa shape index (κ1) is 52.7. The van der Waals surface area contributed by atoms with E-state index in [0.29, 0.717) is 43.4 Å². The molecule has 2 aliphatic heterocycles. The highest BCUT2D eigenvalue weighted by molar-refractivity contribution is 9.10. The summed E-state index contributed by atoms with van der Waals surface area (Å²) in [6, 6.07) is 35.5. The smallest absolute Gasteiger partial charge is 0.423 e. The van der Waals surface area contributed by atoms with Crippen LogP contribution in [-0.4, -0.2) is 101 Å². The molecule has 4 aliphatic carbocycles. The van der Waals surface area contributed by atoms with Crippen LogP contribution in [-0.2, 0) is 68.7 Å². The first-order valence-electron chi connectivity index (χ1n) is 25.7. The van der Waals surface area contributed by atoms with Gasteiger partial charge in [-0.05, 0) is 151 Å². The summed E-state index contributed by atoms with van der Waals surface area (Å²) in [7, 11) is 1.46. The molecule has 0 radical (unpaired) electrons. The number of nitrogens with two attached hydrogens (primary N) is 2. The van der Waals surface area contributed by atoms with Crippen molar-refractivity contribution >= 4 is 52.2 Å². The Hall–Kier alpha value is -6.70. The summed E-state index contributed by atoms with van der Waals surface area (Å²) in [6.07, 6.45) is 11.4. The first-order chi connectivity index (χ1) is 36.7. The molecular weight excluding hydrogens is 1030 g/mol. The Morgan fingerprint density at radius 2 is 1.05 bits per heavy atom. The minimum absolute atomic E-state index is 0.000133. The van der Waals surface area contributed by atoms with Gasteiger partial charge in [0.25, 0.3) is 11.8 Å². The van der Waals surface area contributed by atoms with Gasteiger partial charge in [-0.2, -0.15) is 8.78 Å². The number of hydrogen-bond donors (Lipinski definition) is 4. The molecule has 6 N–H and O–H groups in total. The van der Waals surface area contributed by atoms with Crippen molar-refractivity contribution in [3.8, 4) is 11.1 Å². The van der Waals surface area contributed by atoms with Crippen LogP contribution in [0.15, 0.2) is 136 Å². The predicted molar refractivity (Wildman–Crippen MR) is 290 cm³/mol. The average molecular weight is 1090 g/mol. The van der Waals surface area contributed by atoms with Crippen LogP contribution in [0.4, 0.5) is 8.78 Å². The van der Waals surface area contributed by atoms with E-state index in [1.165, 1.54) is 52.3 Å². The number of pyridine rings is 2. The third-order valence-electron chi connectivity index (χ3n) is 16.7. The molecule has 2 unspecified atom stereocenters. The van der Waals surface area contributed by atoms with Crippen molar-refractivity contribution in [1.82, 2.24) is 19.8 Å². The fourth-order valence-corrected chi connectivity index (χ4v) is 13.3. The Labute approximate surface area is 449 Å². The average Bonchev–Trinajstić information content (AvgIpc) is 4.04. The van der Waals surface area contributed by atoms with E-state index >= 15 is 0 Å². The van der Waals surface area contributed by atoms with Crippen LogP contribution in [0.3, 0.4) is 0 Å². The molecule has 2 atom stereocenters. The Balaban J connectivity index is 0.000000148. The molecule has 0 fully saturated rings. The number of aromatic nitrogens is 2. The minimum Gasteiger partial charge on any atom is -0.423 e. The number of fused-ring (bicyclic) bond motifs is 8. The molecule has 2 amide bonds. The van der Waals surface area contributed by atoms with Crippen LogP contribution in [0, 0.1) is 22.7 Å². The van der Waals surface area contributed by atoms with Crippen LogP contribution >= 0.6 is 15.9 Å². The van der Waals surface area contributed by atoms with E-state index in [4.69, 9.17) is 41.0 Å². The number of amides is 2. The molecule has 2 aromatic heterocycles. The maximum atomic E-state index is 14.6. The van der Waals surface area contributed by atoms with E-state index in [-0.39, 0.29) is 28.7 Å². The number of nitrogens with zero attached hydrogens (tertiary/aromatic N) is 6. The Morgan fingerprint density at radius 3 is 1.49 bits per heavy atom. The second kappa shape index (κ2) is 21.4. The highest BCUT2D eigenvalue weighted by atomic mass is 79.9. The van der Waals surface area contributed by atoms with E-state index < -0.39 is 35.5 Å². The summed E-state index contributed by atoms with van der Waals surface area (Å²) < 4.78 is 38.5. The Kier molecular flexibility index (Phi) is 14.8. The Morgan fingerprint density at radius 1 is 0.605 bits per heavy atom. The van der Waals surface area contributed by atoms with Crippen molar-refractivity contribution < 1.29 is 37.9 Å². The number of guanidine groups is 2. The fourth-order valence-electron chi connectivity index (χ4n) is 12.9. The third kappa shape index (κ3) is 9.00. The molecule has 0 saturated heterocycles. The van der Waals surface area contributed by atoms with Crippen molar-refractivity contribution in [3.05, 3.63) is 182 Å². The molecule has 392 valence electrons. The monoisotopic (exact) mass is 1090 g/mol. The van der Waals surface area contributed by atoms with Gasteiger partial charge in [-0.25, -0.2) is 20.0 Å². The Bertz CT molecular complexity index is 3220. The molecule has 4 heterocycles. The zero-order valence-electron chi connectivity index (χ0n) is 42.5. The quantitative estimate of drug-likeness (QED) is 0.0966. The SMILES string of the molecule is COCCN1C(=O)C2(N=C1N)c1cc(-c3cccnc3F)ccc1CC21CCc2ccccc2CC1.COCCN1C(=O)C2(N=C1N)c1cc(Br)ccc1CC21CCc2ccccc2CC1.OB(O)c1cccnc1F. The van der Waals surface area contributed by atoms with Gasteiger partial charge < -0.3 is 31.0 Å². The van der Waals surface area contributed by atoms with Gasteiger partial charge >= 0.3 is 7.12 Å². The molecule has 76 heavy (non-hydrogen) atoms. The molecule has 14 nitrogen and oxygen atoms in total. The summed E-state index contributed by atoms with van der Waals surface area (Å²) in [5.74, 6) is -0.954. The van der Waals surface area contributed by atoms with Crippen LogP contribution < -0.4 is 16.9 Å². The number of benzene rings is 4. The fraction of sp³-hybridized carbons (Fsp3) is 0.345. The number of ether oxygens (including phenoxy) is 2. The van der Waals surface area contributed by atoms with Crippen LogP contribution in [0.25, 0.3) is 11.1 Å². The molecule has 18 heteroatoms. The highest BCUT2D eigenvalue weighted by Gasteiger charge is 2.67. The molecule has 6 aliphatic rings. The van der Waals surface area contributed by atoms with Gasteiger partial charge in [0, 0.05) is 52.9 Å². The maximum Gasteiger partial charge on any atom is 0.493 e. The van der Waals surface area contributed by atoms with Gasteiger partial charge in [-0.15, -0.1) is 0 Å². The summed E-state index contributed by atoms with van der Waals surface area (Å²) in [5, 5.41) is 17.0. The normalized spacial score (nSPS) is 21.2. The molecular formula is C58H60BBrF2N8O6. The second-order valence-electron chi connectivity index (χ2n) is 20.5. The van der Waals surface area contributed by atoms with Gasteiger partial charge in [0.05, 0.1) is 26.3 Å². The molecule has 0 bridgehead atoms. The summed E-state index contributed by atoms with van der Waals surface area (Å²) in [5.41, 5.74) is 20.5. The van der Waals surface area contributed by atoms with Crippen molar-refractivity contribution in [2.24, 2.45) is 32.3 Å². The van der Waals surface area contributed by atoms with Crippen LogP contribution in [0.2, 0.25) is 0 Å². The number of carbonyl (C=O) groups excluding carboxylic acids is 2. The summed E-state index contributed by atoms with van der Waals surface area (Å²) >= 11 is 3.61. The van der Waals surface area contributed by atoms with Gasteiger partial charge in [-0.3, -0.25) is 19.4 Å². The number of aryl methyl sites for hydroxylation is 4. The lowest BCUT2D eigenvalue weighted by Gasteiger charge is -2.40. The molecule has 4 aromatic carbocycles. The van der Waals surface area contributed by atoms with Crippen molar-refractivity contribution in [2.45, 2.75) is 75.3 Å². The van der Waals surface area contributed by atoms with Crippen LogP contribution in [0.5, 0.6) is 0 Å². The van der Waals surface area contributed by atoms with E-state index in [1.54, 1.807) is 36.2 Å². The minimum atomic E-state index is -1.78. The zero-order chi connectivity index (χ0) is 53.4. The second-order valence-corrected chi connectivity index (χ2v) is 21.4. The number of hydrogen-bond acceptors (Lipinski definition) is 12. The lowest BCUT2D eigenvalue weighted by molar-refractivity contribution is -0.137.